The minimum absolute atomic E-state index is 0.0162. The Kier molecular flexibility index (Phi) is 6.00. The number of esters is 1. The van der Waals surface area contributed by atoms with E-state index in [1.165, 1.54) is 12.0 Å². The molecule has 0 heterocycles. The van der Waals surface area contributed by atoms with Crippen molar-refractivity contribution in [2.75, 3.05) is 0 Å². The van der Waals surface area contributed by atoms with Crippen LogP contribution in [0.15, 0.2) is 54.6 Å². The molecule has 0 atom stereocenters. The van der Waals surface area contributed by atoms with Crippen LogP contribution in [0.2, 0.25) is 0 Å². The summed E-state index contributed by atoms with van der Waals surface area (Å²) < 4.78 is 5.46. The minimum Gasteiger partial charge on any atom is -0.426 e. The van der Waals surface area contributed by atoms with Gasteiger partial charge in [0, 0.05) is 5.56 Å². The van der Waals surface area contributed by atoms with Crippen LogP contribution in [0.5, 0.6) is 5.75 Å². The summed E-state index contributed by atoms with van der Waals surface area (Å²) in [4.78, 5) is 24.4. The number of hydrogen-bond acceptors (Lipinski definition) is 3. The topological polar surface area (TPSA) is 43.4 Å². The third-order valence-corrected chi connectivity index (χ3v) is 4.80. The number of aryl methyl sites for hydroxylation is 1. The number of rotatable bonds is 5. The summed E-state index contributed by atoms with van der Waals surface area (Å²) in [5, 5.41) is 0. The number of allylic oxidation sites excluding steroid dienone is 1. The summed E-state index contributed by atoms with van der Waals surface area (Å²) >= 11 is 0. The van der Waals surface area contributed by atoms with Crippen molar-refractivity contribution in [3.63, 3.8) is 0 Å². The Morgan fingerprint density at radius 3 is 2.23 bits per heavy atom. The molecular weight excluding hydrogens is 324 g/mol. The molecule has 0 radical (unpaired) electrons. The fourth-order valence-corrected chi connectivity index (χ4v) is 3.17. The van der Waals surface area contributed by atoms with Gasteiger partial charge in [-0.3, -0.25) is 9.59 Å². The summed E-state index contributed by atoms with van der Waals surface area (Å²) in [6, 6.07) is 14.8. The van der Waals surface area contributed by atoms with Crippen molar-refractivity contribution in [3.8, 4) is 5.75 Å². The van der Waals surface area contributed by atoms with E-state index in [-0.39, 0.29) is 17.7 Å². The van der Waals surface area contributed by atoms with Crippen LogP contribution in [-0.2, 0) is 4.79 Å². The highest BCUT2D eigenvalue weighted by Crippen LogP contribution is 2.25. The molecule has 2 aromatic carbocycles. The second-order valence-electron chi connectivity index (χ2n) is 6.89. The number of carbonyl (C=O) groups excluding carboxylic acids is 2. The predicted molar refractivity (Wildman–Crippen MR) is 103 cm³/mol. The average Bonchev–Trinajstić information content (AvgIpc) is 2.68. The lowest BCUT2D eigenvalue weighted by atomic mass is 9.89. The first-order valence-electron chi connectivity index (χ1n) is 9.23. The molecule has 2 aromatic rings. The zero-order valence-electron chi connectivity index (χ0n) is 15.1. The van der Waals surface area contributed by atoms with Gasteiger partial charge in [-0.2, -0.15) is 0 Å². The first kappa shape index (κ1) is 18.1. The van der Waals surface area contributed by atoms with Crippen LogP contribution in [-0.4, -0.2) is 11.8 Å². The van der Waals surface area contributed by atoms with Gasteiger partial charge in [0.2, 0.25) is 0 Å². The van der Waals surface area contributed by atoms with Gasteiger partial charge in [-0.05, 0) is 55.7 Å². The van der Waals surface area contributed by atoms with Crippen LogP contribution >= 0.6 is 0 Å². The molecule has 1 fully saturated rings. The maximum Gasteiger partial charge on any atom is 0.314 e. The highest BCUT2D eigenvalue weighted by atomic mass is 16.5. The van der Waals surface area contributed by atoms with Crippen LogP contribution in [0.4, 0.5) is 0 Å². The zero-order chi connectivity index (χ0) is 18.4. The molecule has 0 amide bonds. The van der Waals surface area contributed by atoms with Gasteiger partial charge < -0.3 is 4.74 Å². The minimum atomic E-state index is -0.150. The second kappa shape index (κ2) is 8.61. The molecule has 1 aliphatic rings. The van der Waals surface area contributed by atoms with Crippen molar-refractivity contribution in [3.05, 3.63) is 71.3 Å². The maximum atomic E-state index is 12.3. The van der Waals surface area contributed by atoms with Crippen LogP contribution in [0.1, 0.15) is 53.6 Å². The van der Waals surface area contributed by atoms with Crippen molar-refractivity contribution in [1.82, 2.24) is 0 Å². The summed E-state index contributed by atoms with van der Waals surface area (Å²) in [7, 11) is 0. The van der Waals surface area contributed by atoms with Crippen LogP contribution in [0.3, 0.4) is 0 Å². The molecule has 0 bridgehead atoms. The molecule has 1 aliphatic carbocycles. The van der Waals surface area contributed by atoms with Crippen LogP contribution in [0, 0.1) is 12.8 Å². The summed E-state index contributed by atoms with van der Waals surface area (Å²) in [5.41, 5.74) is 2.75. The third-order valence-electron chi connectivity index (χ3n) is 4.80. The molecule has 0 aromatic heterocycles. The molecule has 3 rings (SSSR count). The van der Waals surface area contributed by atoms with E-state index >= 15 is 0 Å². The molecule has 1 saturated carbocycles. The van der Waals surface area contributed by atoms with Gasteiger partial charge in [0.25, 0.3) is 0 Å². The number of benzene rings is 2. The SMILES string of the molecule is Cc1ccc(/C=C/C(=O)c2ccc(OC(=O)C3CCCCC3)cc2)cc1. The predicted octanol–water partition coefficient (Wildman–Crippen LogP) is 5.38. The molecule has 3 nitrogen and oxygen atoms in total. The Labute approximate surface area is 154 Å². The van der Waals surface area contributed by atoms with E-state index in [9.17, 15) is 9.59 Å². The monoisotopic (exact) mass is 348 g/mol. The maximum absolute atomic E-state index is 12.3. The third kappa shape index (κ3) is 4.92. The first-order valence-corrected chi connectivity index (χ1v) is 9.23. The number of ether oxygens (including phenoxy) is 1. The standard InChI is InChI=1S/C23H24O3/c1-17-7-9-18(10-8-17)11-16-22(24)19-12-14-21(15-13-19)26-23(25)20-5-3-2-4-6-20/h7-16,20H,2-6H2,1H3/b16-11+. The van der Waals surface area contributed by atoms with E-state index < -0.39 is 0 Å². The summed E-state index contributed by atoms with van der Waals surface area (Å²) in [5.74, 6) is 0.293. The van der Waals surface area contributed by atoms with Gasteiger partial charge in [-0.1, -0.05) is 55.2 Å². The van der Waals surface area contributed by atoms with E-state index in [2.05, 4.69) is 0 Å². The fraction of sp³-hybridized carbons (Fsp3) is 0.304. The largest absolute Gasteiger partial charge is 0.426 e. The fourth-order valence-electron chi connectivity index (χ4n) is 3.17. The van der Waals surface area contributed by atoms with E-state index in [1.54, 1.807) is 36.4 Å². The van der Waals surface area contributed by atoms with Crippen molar-refractivity contribution < 1.29 is 14.3 Å². The lowest BCUT2D eigenvalue weighted by Crippen LogP contribution is -2.22. The lowest BCUT2D eigenvalue weighted by molar-refractivity contribution is -0.139. The number of carbonyl (C=O) groups is 2. The molecule has 0 saturated heterocycles. The van der Waals surface area contributed by atoms with Gasteiger partial charge in [0.05, 0.1) is 5.92 Å². The molecule has 134 valence electrons. The molecule has 0 unspecified atom stereocenters. The second-order valence-corrected chi connectivity index (χ2v) is 6.89. The van der Waals surface area contributed by atoms with Crippen molar-refractivity contribution in [1.29, 1.82) is 0 Å². The summed E-state index contributed by atoms with van der Waals surface area (Å²) in [6.07, 6.45) is 8.60. The molecule has 0 aliphatic heterocycles. The van der Waals surface area contributed by atoms with Crippen molar-refractivity contribution in [2.24, 2.45) is 5.92 Å². The van der Waals surface area contributed by atoms with Gasteiger partial charge >= 0.3 is 5.97 Å². The Balaban J connectivity index is 1.58. The average molecular weight is 348 g/mol. The molecule has 0 spiro atoms. The molecule has 0 N–H and O–H groups in total. The Morgan fingerprint density at radius 1 is 0.923 bits per heavy atom. The van der Waals surface area contributed by atoms with Crippen molar-refractivity contribution in [2.45, 2.75) is 39.0 Å². The number of ketones is 1. The van der Waals surface area contributed by atoms with Crippen LogP contribution < -0.4 is 4.74 Å². The first-order chi connectivity index (χ1) is 12.6. The lowest BCUT2D eigenvalue weighted by Gasteiger charge is -2.19. The van der Waals surface area contributed by atoms with Gasteiger partial charge in [0.1, 0.15) is 5.75 Å². The Morgan fingerprint density at radius 2 is 1.58 bits per heavy atom. The van der Waals surface area contributed by atoms with Gasteiger partial charge in [-0.15, -0.1) is 0 Å². The summed E-state index contributed by atoms with van der Waals surface area (Å²) in [6.45, 7) is 2.03. The Hall–Kier alpha value is -2.68. The quantitative estimate of drug-likeness (QED) is 0.315. The van der Waals surface area contributed by atoms with E-state index in [0.717, 1.165) is 31.2 Å². The van der Waals surface area contributed by atoms with E-state index in [4.69, 9.17) is 4.74 Å². The normalized spacial score (nSPS) is 15.1. The van der Waals surface area contributed by atoms with Gasteiger partial charge in [-0.25, -0.2) is 0 Å². The van der Waals surface area contributed by atoms with E-state index in [1.807, 2.05) is 31.2 Å². The highest BCUT2D eigenvalue weighted by molar-refractivity contribution is 6.06. The molecule has 26 heavy (non-hydrogen) atoms. The van der Waals surface area contributed by atoms with Crippen LogP contribution in [0.25, 0.3) is 6.08 Å². The highest BCUT2D eigenvalue weighted by Gasteiger charge is 2.22. The van der Waals surface area contributed by atoms with Gasteiger partial charge in [0.15, 0.2) is 5.78 Å². The molecule has 3 heteroatoms. The zero-order valence-corrected chi connectivity index (χ0v) is 15.1. The molecular formula is C23H24O3. The number of hydrogen-bond donors (Lipinski definition) is 0. The van der Waals surface area contributed by atoms with Crippen molar-refractivity contribution >= 4 is 17.8 Å². The smallest absolute Gasteiger partial charge is 0.314 e. The van der Waals surface area contributed by atoms with E-state index in [0.29, 0.717) is 11.3 Å². The Bertz CT molecular complexity index is 779.